The van der Waals surface area contributed by atoms with Crippen LogP contribution in [0.2, 0.25) is 0 Å². The van der Waals surface area contributed by atoms with Crippen LogP contribution in [0.3, 0.4) is 0 Å². The number of nitrogens with zero attached hydrogens (tertiary/aromatic N) is 1. The molecule has 1 fully saturated rings. The van der Waals surface area contributed by atoms with Gasteiger partial charge < -0.3 is 5.32 Å². The molecule has 0 spiro atoms. The minimum atomic E-state index is 0.538. The van der Waals surface area contributed by atoms with E-state index in [-0.39, 0.29) is 0 Å². The molecular formula is C17H28N2. The van der Waals surface area contributed by atoms with Crippen LogP contribution in [0.1, 0.15) is 50.3 Å². The van der Waals surface area contributed by atoms with Gasteiger partial charge >= 0.3 is 0 Å². The molecule has 0 saturated carbocycles. The molecule has 2 heteroatoms. The van der Waals surface area contributed by atoms with Gasteiger partial charge in [-0.1, -0.05) is 37.6 Å². The largest absolute Gasteiger partial charge is 0.318 e. The van der Waals surface area contributed by atoms with Crippen molar-refractivity contribution in [3.8, 4) is 0 Å². The van der Waals surface area contributed by atoms with Crippen LogP contribution in [0, 0.1) is 0 Å². The Morgan fingerprint density at radius 1 is 1.32 bits per heavy atom. The lowest BCUT2D eigenvalue weighted by Crippen LogP contribution is -2.38. The van der Waals surface area contributed by atoms with Crippen LogP contribution in [0.25, 0.3) is 0 Å². The second kappa shape index (κ2) is 7.06. The lowest BCUT2D eigenvalue weighted by Gasteiger charge is -2.31. The van der Waals surface area contributed by atoms with Crippen molar-refractivity contribution in [3.05, 3.63) is 35.4 Å². The molecule has 2 unspecified atom stereocenters. The summed E-state index contributed by atoms with van der Waals surface area (Å²) in [6, 6.07) is 10.5. The number of hydrogen-bond acceptors (Lipinski definition) is 2. The molecule has 1 N–H and O–H groups in total. The van der Waals surface area contributed by atoms with Gasteiger partial charge in [0.15, 0.2) is 0 Å². The maximum Gasteiger partial charge on any atom is 0.0323 e. The van der Waals surface area contributed by atoms with Gasteiger partial charge in [-0.15, -0.1) is 0 Å². The number of rotatable bonds is 6. The molecule has 0 radical (unpaired) electrons. The summed E-state index contributed by atoms with van der Waals surface area (Å²) < 4.78 is 0. The lowest BCUT2D eigenvalue weighted by atomic mass is 10.0. The van der Waals surface area contributed by atoms with E-state index in [1.807, 2.05) is 0 Å². The molecule has 1 saturated heterocycles. The predicted molar refractivity (Wildman–Crippen MR) is 82.5 cm³/mol. The summed E-state index contributed by atoms with van der Waals surface area (Å²) >= 11 is 0. The van der Waals surface area contributed by atoms with Crippen molar-refractivity contribution in [1.82, 2.24) is 10.2 Å². The Morgan fingerprint density at radius 3 is 2.68 bits per heavy atom. The maximum atomic E-state index is 3.33. The molecule has 2 rings (SSSR count). The quantitative estimate of drug-likeness (QED) is 0.843. The summed E-state index contributed by atoms with van der Waals surface area (Å²) in [5.41, 5.74) is 2.93. The van der Waals surface area contributed by atoms with Gasteiger partial charge in [-0.3, -0.25) is 4.90 Å². The zero-order chi connectivity index (χ0) is 13.7. The van der Waals surface area contributed by atoms with Gasteiger partial charge in [0.05, 0.1) is 0 Å². The van der Waals surface area contributed by atoms with Crippen LogP contribution in [0.4, 0.5) is 0 Å². The first-order valence-electron chi connectivity index (χ1n) is 7.75. The smallest absolute Gasteiger partial charge is 0.0323 e. The average Bonchev–Trinajstić information content (AvgIpc) is 2.88. The molecule has 0 aliphatic carbocycles. The van der Waals surface area contributed by atoms with Crippen molar-refractivity contribution in [1.29, 1.82) is 0 Å². The summed E-state index contributed by atoms with van der Waals surface area (Å²) in [6.45, 7) is 6.94. The van der Waals surface area contributed by atoms with E-state index in [4.69, 9.17) is 0 Å². The molecule has 19 heavy (non-hydrogen) atoms. The topological polar surface area (TPSA) is 15.3 Å². The van der Waals surface area contributed by atoms with Crippen LogP contribution in [-0.2, 0) is 6.42 Å². The SMILES string of the molecule is CCCc1ccc(C(C)N2CCCC2CNC)cc1. The Bertz CT molecular complexity index is 371. The van der Waals surface area contributed by atoms with Crippen LogP contribution >= 0.6 is 0 Å². The first-order chi connectivity index (χ1) is 9.26. The molecule has 1 heterocycles. The Hall–Kier alpha value is -0.860. The van der Waals surface area contributed by atoms with Crippen molar-refractivity contribution in [2.45, 2.75) is 51.6 Å². The number of likely N-dealkylation sites (tertiary alicyclic amines) is 1. The monoisotopic (exact) mass is 260 g/mol. The third-order valence-corrected chi connectivity index (χ3v) is 4.36. The first kappa shape index (κ1) is 14.5. The molecule has 1 aromatic rings. The highest BCUT2D eigenvalue weighted by Gasteiger charge is 2.28. The second-order valence-corrected chi connectivity index (χ2v) is 5.76. The fourth-order valence-corrected chi connectivity index (χ4v) is 3.27. The van der Waals surface area contributed by atoms with E-state index in [9.17, 15) is 0 Å². The standard InChI is InChI=1S/C17H28N2/c1-4-6-15-8-10-16(11-9-15)14(2)19-12-5-7-17(19)13-18-3/h8-11,14,17-18H,4-7,12-13H2,1-3H3. The number of nitrogens with one attached hydrogen (secondary N) is 1. The predicted octanol–water partition coefficient (Wildman–Crippen LogP) is 3.38. The molecular weight excluding hydrogens is 232 g/mol. The Morgan fingerprint density at radius 2 is 2.05 bits per heavy atom. The van der Waals surface area contributed by atoms with Crippen molar-refractivity contribution < 1.29 is 0 Å². The number of hydrogen-bond donors (Lipinski definition) is 1. The van der Waals surface area contributed by atoms with E-state index in [2.05, 4.69) is 55.4 Å². The second-order valence-electron chi connectivity index (χ2n) is 5.76. The first-order valence-corrected chi connectivity index (χ1v) is 7.75. The fourth-order valence-electron chi connectivity index (χ4n) is 3.27. The van der Waals surface area contributed by atoms with Gasteiger partial charge in [0.1, 0.15) is 0 Å². The van der Waals surface area contributed by atoms with Crippen molar-refractivity contribution in [2.24, 2.45) is 0 Å². The van der Waals surface area contributed by atoms with Crippen LogP contribution in [0.5, 0.6) is 0 Å². The van der Waals surface area contributed by atoms with Crippen molar-refractivity contribution >= 4 is 0 Å². The van der Waals surface area contributed by atoms with E-state index in [1.165, 1.54) is 43.4 Å². The molecule has 1 aliphatic rings. The van der Waals surface area contributed by atoms with Crippen LogP contribution < -0.4 is 5.32 Å². The van der Waals surface area contributed by atoms with Crippen molar-refractivity contribution in [2.75, 3.05) is 20.1 Å². The Labute approximate surface area is 118 Å². The number of benzene rings is 1. The molecule has 2 nitrogen and oxygen atoms in total. The third kappa shape index (κ3) is 3.58. The number of aryl methyl sites for hydroxylation is 1. The molecule has 2 atom stereocenters. The molecule has 1 aromatic carbocycles. The van der Waals surface area contributed by atoms with Gasteiger partial charge in [0, 0.05) is 18.6 Å². The summed E-state index contributed by atoms with van der Waals surface area (Å²) in [5.74, 6) is 0. The van der Waals surface area contributed by atoms with Gasteiger partial charge in [-0.05, 0) is 50.9 Å². The fraction of sp³-hybridized carbons (Fsp3) is 0.647. The van der Waals surface area contributed by atoms with E-state index in [0.29, 0.717) is 12.1 Å². The highest BCUT2D eigenvalue weighted by Crippen LogP contribution is 2.29. The van der Waals surface area contributed by atoms with Gasteiger partial charge in [-0.2, -0.15) is 0 Å². The summed E-state index contributed by atoms with van der Waals surface area (Å²) in [6.07, 6.45) is 5.09. The highest BCUT2D eigenvalue weighted by atomic mass is 15.2. The number of likely N-dealkylation sites (N-methyl/N-ethyl adjacent to an activating group) is 1. The van der Waals surface area contributed by atoms with Crippen molar-refractivity contribution in [3.63, 3.8) is 0 Å². The summed E-state index contributed by atoms with van der Waals surface area (Å²) in [4.78, 5) is 2.66. The molecule has 0 amide bonds. The van der Waals surface area contributed by atoms with Gasteiger partial charge in [0.25, 0.3) is 0 Å². The van der Waals surface area contributed by atoms with E-state index in [1.54, 1.807) is 0 Å². The molecule has 0 aromatic heterocycles. The zero-order valence-electron chi connectivity index (χ0n) is 12.7. The minimum absolute atomic E-state index is 0.538. The lowest BCUT2D eigenvalue weighted by molar-refractivity contribution is 0.191. The van der Waals surface area contributed by atoms with E-state index in [0.717, 1.165) is 6.54 Å². The third-order valence-electron chi connectivity index (χ3n) is 4.36. The van der Waals surface area contributed by atoms with Gasteiger partial charge in [-0.25, -0.2) is 0 Å². The maximum absolute atomic E-state index is 3.33. The molecule has 1 aliphatic heterocycles. The minimum Gasteiger partial charge on any atom is -0.318 e. The van der Waals surface area contributed by atoms with Crippen LogP contribution in [0.15, 0.2) is 24.3 Å². The normalized spacial score (nSPS) is 21.7. The highest BCUT2D eigenvalue weighted by molar-refractivity contribution is 5.25. The van der Waals surface area contributed by atoms with Gasteiger partial charge in [0.2, 0.25) is 0 Å². The zero-order valence-corrected chi connectivity index (χ0v) is 12.7. The molecule has 0 bridgehead atoms. The Balaban J connectivity index is 2.03. The average molecular weight is 260 g/mol. The van der Waals surface area contributed by atoms with E-state index >= 15 is 0 Å². The van der Waals surface area contributed by atoms with E-state index < -0.39 is 0 Å². The summed E-state index contributed by atoms with van der Waals surface area (Å²) in [7, 11) is 2.06. The Kier molecular flexibility index (Phi) is 5.41. The molecule has 106 valence electrons. The summed E-state index contributed by atoms with van der Waals surface area (Å²) in [5, 5.41) is 3.33. The van der Waals surface area contributed by atoms with Crippen LogP contribution in [-0.4, -0.2) is 31.1 Å².